The van der Waals surface area contributed by atoms with Crippen molar-refractivity contribution in [3.8, 4) is 0 Å². The van der Waals surface area contributed by atoms with E-state index in [9.17, 15) is 0 Å². The number of nitrogens with zero attached hydrogens (tertiary/aromatic N) is 1. The first kappa shape index (κ1) is 12.1. The highest BCUT2D eigenvalue weighted by molar-refractivity contribution is 5.79. The predicted octanol–water partition coefficient (Wildman–Crippen LogP) is 3.91. The van der Waals surface area contributed by atoms with E-state index < -0.39 is 0 Å². The molecule has 0 amide bonds. The van der Waals surface area contributed by atoms with Gasteiger partial charge in [0.05, 0.1) is 0 Å². The van der Waals surface area contributed by atoms with E-state index >= 15 is 0 Å². The maximum absolute atomic E-state index is 2.37. The summed E-state index contributed by atoms with van der Waals surface area (Å²) in [6.07, 6.45) is 2.23. The van der Waals surface area contributed by atoms with Crippen molar-refractivity contribution >= 4 is 10.9 Å². The third-order valence-corrected chi connectivity index (χ3v) is 3.14. The molecule has 0 atom stereocenters. The molecule has 0 unspecified atom stereocenters. The van der Waals surface area contributed by atoms with Crippen molar-refractivity contribution in [2.24, 2.45) is 5.92 Å². The van der Waals surface area contributed by atoms with Crippen molar-refractivity contribution in [2.75, 3.05) is 0 Å². The van der Waals surface area contributed by atoms with Crippen molar-refractivity contribution in [1.82, 2.24) is 0 Å². The monoisotopic (exact) mass is 228 g/mol. The van der Waals surface area contributed by atoms with Gasteiger partial charge in [0.2, 0.25) is 5.52 Å². The summed E-state index contributed by atoms with van der Waals surface area (Å²) in [6, 6.07) is 11.0. The highest BCUT2D eigenvalue weighted by atomic mass is 14.9. The van der Waals surface area contributed by atoms with Crippen LogP contribution in [-0.4, -0.2) is 0 Å². The molecular weight excluding hydrogens is 206 g/mol. The molecule has 0 fully saturated rings. The molecule has 0 aliphatic rings. The molecule has 2 rings (SSSR count). The zero-order valence-corrected chi connectivity index (χ0v) is 11.3. The van der Waals surface area contributed by atoms with Crippen LogP contribution in [0.25, 0.3) is 10.9 Å². The SMILES string of the molecule is CC(C)C[n+]1ccc(C(C)C)c2ccccc21. The van der Waals surface area contributed by atoms with Crippen LogP contribution < -0.4 is 4.57 Å². The number of fused-ring (bicyclic) bond motifs is 1. The fraction of sp³-hybridized carbons (Fsp3) is 0.438. The highest BCUT2D eigenvalue weighted by Crippen LogP contribution is 2.22. The molecule has 17 heavy (non-hydrogen) atoms. The number of hydrogen-bond donors (Lipinski definition) is 0. The van der Waals surface area contributed by atoms with Gasteiger partial charge in [0, 0.05) is 23.4 Å². The summed E-state index contributed by atoms with van der Waals surface area (Å²) in [5.41, 5.74) is 2.80. The van der Waals surface area contributed by atoms with Gasteiger partial charge in [-0.25, -0.2) is 0 Å². The second kappa shape index (κ2) is 4.87. The topological polar surface area (TPSA) is 3.88 Å². The summed E-state index contributed by atoms with van der Waals surface area (Å²) in [6.45, 7) is 10.1. The molecule has 1 heterocycles. The second-order valence-electron chi connectivity index (χ2n) is 5.49. The lowest BCUT2D eigenvalue weighted by Crippen LogP contribution is -2.36. The largest absolute Gasteiger partial charge is 0.212 e. The smallest absolute Gasteiger partial charge is 0.198 e. The van der Waals surface area contributed by atoms with Crippen LogP contribution >= 0.6 is 0 Å². The number of hydrogen-bond acceptors (Lipinski definition) is 0. The van der Waals surface area contributed by atoms with E-state index in [4.69, 9.17) is 0 Å². The van der Waals surface area contributed by atoms with Crippen molar-refractivity contribution in [3.05, 3.63) is 42.1 Å². The number of benzene rings is 1. The van der Waals surface area contributed by atoms with Crippen molar-refractivity contribution in [3.63, 3.8) is 0 Å². The molecule has 0 spiro atoms. The van der Waals surface area contributed by atoms with Gasteiger partial charge in [0.1, 0.15) is 0 Å². The molecule has 0 bridgehead atoms. The first-order valence-electron chi connectivity index (χ1n) is 6.50. The van der Waals surface area contributed by atoms with E-state index in [-0.39, 0.29) is 0 Å². The van der Waals surface area contributed by atoms with Gasteiger partial charge in [-0.05, 0) is 17.5 Å². The zero-order valence-electron chi connectivity index (χ0n) is 11.3. The third kappa shape index (κ3) is 2.49. The molecule has 2 aromatic rings. The summed E-state index contributed by atoms with van der Waals surface area (Å²) < 4.78 is 2.37. The minimum Gasteiger partial charge on any atom is -0.198 e. The van der Waals surface area contributed by atoms with E-state index in [1.807, 2.05) is 0 Å². The number of aromatic nitrogens is 1. The number of pyridine rings is 1. The van der Waals surface area contributed by atoms with Gasteiger partial charge in [0.15, 0.2) is 12.7 Å². The Bertz CT molecular complexity index is 512. The van der Waals surface area contributed by atoms with E-state index in [1.54, 1.807) is 0 Å². The van der Waals surface area contributed by atoms with Crippen molar-refractivity contribution in [2.45, 2.75) is 40.2 Å². The van der Waals surface area contributed by atoms with Crippen LogP contribution in [0.5, 0.6) is 0 Å². The second-order valence-corrected chi connectivity index (χ2v) is 5.49. The Hall–Kier alpha value is -1.37. The Morgan fingerprint density at radius 3 is 2.35 bits per heavy atom. The average Bonchev–Trinajstić information content (AvgIpc) is 2.28. The van der Waals surface area contributed by atoms with Crippen LogP contribution in [0, 0.1) is 5.92 Å². The third-order valence-electron chi connectivity index (χ3n) is 3.14. The van der Waals surface area contributed by atoms with Crippen LogP contribution in [0.1, 0.15) is 39.2 Å². The molecule has 0 aliphatic heterocycles. The Morgan fingerprint density at radius 1 is 1.00 bits per heavy atom. The quantitative estimate of drug-likeness (QED) is 0.701. The van der Waals surface area contributed by atoms with Gasteiger partial charge in [-0.2, -0.15) is 4.57 Å². The van der Waals surface area contributed by atoms with Gasteiger partial charge in [-0.1, -0.05) is 39.8 Å². The van der Waals surface area contributed by atoms with Crippen molar-refractivity contribution < 1.29 is 4.57 Å². The highest BCUT2D eigenvalue weighted by Gasteiger charge is 2.14. The van der Waals surface area contributed by atoms with Crippen LogP contribution in [0.4, 0.5) is 0 Å². The van der Waals surface area contributed by atoms with E-state index in [0.717, 1.165) is 6.54 Å². The zero-order chi connectivity index (χ0) is 12.4. The Labute approximate surface area is 104 Å². The fourth-order valence-corrected chi connectivity index (χ4v) is 2.36. The summed E-state index contributed by atoms with van der Waals surface area (Å²) in [7, 11) is 0. The molecule has 0 radical (unpaired) electrons. The van der Waals surface area contributed by atoms with E-state index in [0.29, 0.717) is 11.8 Å². The number of para-hydroxylation sites is 1. The summed E-state index contributed by atoms with van der Waals surface area (Å²) in [5, 5.41) is 1.39. The maximum atomic E-state index is 2.37. The van der Waals surface area contributed by atoms with Gasteiger partial charge >= 0.3 is 0 Å². The lowest BCUT2D eigenvalue weighted by Gasteiger charge is -2.10. The molecule has 0 saturated heterocycles. The Balaban J connectivity index is 2.62. The lowest BCUT2D eigenvalue weighted by molar-refractivity contribution is -0.677. The summed E-state index contributed by atoms with van der Waals surface area (Å²) in [5.74, 6) is 1.25. The van der Waals surface area contributed by atoms with Crippen LogP contribution in [0.3, 0.4) is 0 Å². The molecule has 90 valence electrons. The van der Waals surface area contributed by atoms with Gasteiger partial charge in [0.25, 0.3) is 0 Å². The normalized spacial score (nSPS) is 11.6. The Kier molecular flexibility index (Phi) is 3.46. The van der Waals surface area contributed by atoms with Gasteiger partial charge in [-0.3, -0.25) is 0 Å². The fourth-order valence-electron chi connectivity index (χ4n) is 2.36. The minimum atomic E-state index is 0.577. The molecule has 0 saturated carbocycles. The predicted molar refractivity (Wildman–Crippen MR) is 73.1 cm³/mol. The first-order chi connectivity index (χ1) is 8.09. The van der Waals surface area contributed by atoms with Gasteiger partial charge in [-0.15, -0.1) is 0 Å². The van der Waals surface area contributed by atoms with E-state index in [1.165, 1.54) is 16.5 Å². The molecule has 0 aliphatic carbocycles. The first-order valence-corrected chi connectivity index (χ1v) is 6.50. The average molecular weight is 228 g/mol. The van der Waals surface area contributed by atoms with Crippen molar-refractivity contribution in [1.29, 1.82) is 0 Å². The lowest BCUT2D eigenvalue weighted by atomic mass is 9.98. The summed E-state index contributed by atoms with van der Waals surface area (Å²) >= 11 is 0. The van der Waals surface area contributed by atoms with Crippen LogP contribution in [-0.2, 0) is 6.54 Å². The van der Waals surface area contributed by atoms with Gasteiger partial charge < -0.3 is 0 Å². The van der Waals surface area contributed by atoms with E-state index in [2.05, 4.69) is 68.8 Å². The molecule has 1 aromatic carbocycles. The summed E-state index contributed by atoms with van der Waals surface area (Å²) in [4.78, 5) is 0. The molecule has 1 nitrogen and oxygen atoms in total. The number of rotatable bonds is 3. The van der Waals surface area contributed by atoms with Crippen LogP contribution in [0.15, 0.2) is 36.5 Å². The Morgan fingerprint density at radius 2 is 1.71 bits per heavy atom. The molecule has 1 heteroatoms. The molecule has 1 aromatic heterocycles. The van der Waals surface area contributed by atoms with Crippen LogP contribution in [0.2, 0.25) is 0 Å². The maximum Gasteiger partial charge on any atom is 0.212 e. The minimum absolute atomic E-state index is 0.577. The molecular formula is C16H22N+. The standard InChI is InChI=1S/C16H22N/c1-12(2)11-17-10-9-14(13(3)4)15-7-5-6-8-16(15)17/h5-10,12-13H,11H2,1-4H3/q+1. The molecule has 0 N–H and O–H groups in total.